The van der Waals surface area contributed by atoms with Crippen molar-refractivity contribution in [1.82, 2.24) is 0 Å². The molecule has 0 aromatic rings. The van der Waals surface area contributed by atoms with Gasteiger partial charge in [0.15, 0.2) is 0 Å². The molecule has 12 heavy (non-hydrogen) atoms. The predicted molar refractivity (Wildman–Crippen MR) is 51.4 cm³/mol. The SMILES string of the molecule is Cc1[c]c2ccccc(C)c-2c1. The highest BCUT2D eigenvalue weighted by Crippen LogP contribution is 2.26. The van der Waals surface area contributed by atoms with Gasteiger partial charge in [0.05, 0.1) is 0 Å². The van der Waals surface area contributed by atoms with E-state index in [9.17, 15) is 0 Å². The minimum absolute atomic E-state index is 1.22. The summed E-state index contributed by atoms with van der Waals surface area (Å²) in [6, 6.07) is 13.9. The minimum Gasteiger partial charge on any atom is -0.0620 e. The molecule has 0 aliphatic heterocycles. The second-order valence-corrected chi connectivity index (χ2v) is 3.18. The zero-order valence-electron chi connectivity index (χ0n) is 7.39. The van der Waals surface area contributed by atoms with Gasteiger partial charge < -0.3 is 0 Å². The highest BCUT2D eigenvalue weighted by Gasteiger charge is 2.04. The van der Waals surface area contributed by atoms with E-state index < -0.39 is 0 Å². The summed E-state index contributed by atoms with van der Waals surface area (Å²) in [6.07, 6.45) is 0. The van der Waals surface area contributed by atoms with Crippen LogP contribution in [0.25, 0.3) is 11.1 Å². The molecule has 0 fully saturated rings. The molecule has 0 heteroatoms. The van der Waals surface area contributed by atoms with E-state index in [2.05, 4.69) is 50.2 Å². The lowest BCUT2D eigenvalue weighted by molar-refractivity contribution is 1.50. The van der Waals surface area contributed by atoms with Gasteiger partial charge >= 0.3 is 0 Å². The number of fused-ring (bicyclic) bond motifs is 1. The van der Waals surface area contributed by atoms with Crippen LogP contribution in [-0.4, -0.2) is 0 Å². The second kappa shape index (κ2) is 2.63. The summed E-state index contributed by atoms with van der Waals surface area (Å²) in [5.41, 5.74) is 5.08. The van der Waals surface area contributed by atoms with Gasteiger partial charge in [0, 0.05) is 0 Å². The third kappa shape index (κ3) is 1.10. The van der Waals surface area contributed by atoms with Gasteiger partial charge in [-0.3, -0.25) is 0 Å². The van der Waals surface area contributed by atoms with Crippen molar-refractivity contribution in [3.63, 3.8) is 0 Å². The van der Waals surface area contributed by atoms with Crippen molar-refractivity contribution in [3.8, 4) is 11.1 Å². The third-order valence-corrected chi connectivity index (χ3v) is 2.13. The van der Waals surface area contributed by atoms with Gasteiger partial charge in [0.1, 0.15) is 0 Å². The van der Waals surface area contributed by atoms with Crippen LogP contribution in [0.5, 0.6) is 0 Å². The molecule has 0 aromatic heterocycles. The maximum Gasteiger partial charge on any atom is -0.00669 e. The van der Waals surface area contributed by atoms with Crippen LogP contribution in [0.4, 0.5) is 0 Å². The Kier molecular flexibility index (Phi) is 1.61. The van der Waals surface area contributed by atoms with E-state index in [1.165, 1.54) is 22.3 Å². The van der Waals surface area contributed by atoms with E-state index in [4.69, 9.17) is 0 Å². The fraction of sp³-hybridized carbons (Fsp3) is 0.167. The van der Waals surface area contributed by atoms with Gasteiger partial charge in [-0.05, 0) is 42.2 Å². The van der Waals surface area contributed by atoms with Crippen molar-refractivity contribution >= 4 is 0 Å². The van der Waals surface area contributed by atoms with E-state index in [-0.39, 0.29) is 0 Å². The standard InChI is InChI=1S/C12H11/c1-9-7-11-6-4-3-5-10(2)12(11)8-9/h3-6,8H,1-2H3. The summed E-state index contributed by atoms with van der Waals surface area (Å²) in [5, 5.41) is 0. The van der Waals surface area contributed by atoms with Gasteiger partial charge in [-0.2, -0.15) is 0 Å². The maximum atomic E-state index is 3.32. The van der Waals surface area contributed by atoms with Crippen molar-refractivity contribution in [2.24, 2.45) is 0 Å². The van der Waals surface area contributed by atoms with Crippen LogP contribution in [0.2, 0.25) is 0 Å². The first kappa shape index (κ1) is 7.35. The molecule has 2 aliphatic rings. The average molecular weight is 155 g/mol. The fourth-order valence-electron chi connectivity index (χ4n) is 1.51. The zero-order valence-corrected chi connectivity index (χ0v) is 7.39. The number of aryl methyl sites for hydroxylation is 2. The van der Waals surface area contributed by atoms with Crippen LogP contribution in [0.1, 0.15) is 11.1 Å². The molecule has 0 nitrogen and oxygen atoms in total. The van der Waals surface area contributed by atoms with E-state index in [1.54, 1.807) is 0 Å². The average Bonchev–Trinajstić information content (AvgIpc) is 2.33. The van der Waals surface area contributed by atoms with Crippen LogP contribution in [0.15, 0.2) is 30.3 Å². The highest BCUT2D eigenvalue weighted by atomic mass is 14.1. The van der Waals surface area contributed by atoms with Crippen molar-refractivity contribution < 1.29 is 0 Å². The normalized spacial score (nSPS) is 10.5. The number of hydrogen-bond donors (Lipinski definition) is 0. The molecule has 2 aliphatic carbocycles. The Balaban J connectivity index is 2.78. The minimum atomic E-state index is 1.22. The Morgan fingerprint density at radius 3 is 2.67 bits per heavy atom. The molecule has 0 aromatic carbocycles. The number of rotatable bonds is 0. The lowest BCUT2D eigenvalue weighted by Gasteiger charge is -1.93. The molecular weight excluding hydrogens is 144 g/mol. The molecule has 0 bridgehead atoms. The van der Waals surface area contributed by atoms with Gasteiger partial charge in [0.2, 0.25) is 0 Å². The molecule has 59 valence electrons. The Labute approximate surface area is 73.2 Å². The van der Waals surface area contributed by atoms with Crippen molar-refractivity contribution in [1.29, 1.82) is 0 Å². The van der Waals surface area contributed by atoms with Gasteiger partial charge in [-0.1, -0.05) is 30.3 Å². The lowest BCUT2D eigenvalue weighted by Crippen LogP contribution is -1.70. The maximum absolute atomic E-state index is 3.32. The van der Waals surface area contributed by atoms with Crippen molar-refractivity contribution in [2.45, 2.75) is 13.8 Å². The summed E-state index contributed by atoms with van der Waals surface area (Å²) in [7, 11) is 0. The summed E-state index contributed by atoms with van der Waals surface area (Å²) in [6.45, 7) is 4.22. The Morgan fingerprint density at radius 2 is 1.83 bits per heavy atom. The van der Waals surface area contributed by atoms with Crippen LogP contribution in [0, 0.1) is 19.9 Å². The first-order chi connectivity index (χ1) is 5.77. The summed E-state index contributed by atoms with van der Waals surface area (Å²) in [5.74, 6) is 0. The van der Waals surface area contributed by atoms with Gasteiger partial charge in [-0.15, -0.1) is 0 Å². The fourth-order valence-corrected chi connectivity index (χ4v) is 1.51. The largest absolute Gasteiger partial charge is 0.0620 e. The monoisotopic (exact) mass is 155 g/mol. The topological polar surface area (TPSA) is 0 Å². The molecule has 0 atom stereocenters. The molecule has 0 amide bonds. The Hall–Kier alpha value is -1.30. The number of hydrogen-bond acceptors (Lipinski definition) is 0. The molecule has 2 rings (SSSR count). The zero-order chi connectivity index (χ0) is 8.55. The molecule has 0 saturated heterocycles. The van der Waals surface area contributed by atoms with Crippen LogP contribution in [0.3, 0.4) is 0 Å². The Bertz CT molecular complexity index is 374. The quantitative estimate of drug-likeness (QED) is 0.548. The highest BCUT2D eigenvalue weighted by molar-refractivity contribution is 5.70. The molecular formula is C12H11. The van der Waals surface area contributed by atoms with Crippen molar-refractivity contribution in [3.05, 3.63) is 47.5 Å². The van der Waals surface area contributed by atoms with E-state index >= 15 is 0 Å². The summed E-state index contributed by atoms with van der Waals surface area (Å²) in [4.78, 5) is 0. The summed E-state index contributed by atoms with van der Waals surface area (Å²) < 4.78 is 0. The molecule has 0 heterocycles. The van der Waals surface area contributed by atoms with Gasteiger partial charge in [-0.25, -0.2) is 0 Å². The third-order valence-electron chi connectivity index (χ3n) is 2.13. The van der Waals surface area contributed by atoms with E-state index in [1.807, 2.05) is 0 Å². The molecule has 0 spiro atoms. The van der Waals surface area contributed by atoms with Crippen molar-refractivity contribution in [2.75, 3.05) is 0 Å². The second-order valence-electron chi connectivity index (χ2n) is 3.18. The summed E-state index contributed by atoms with van der Waals surface area (Å²) >= 11 is 0. The van der Waals surface area contributed by atoms with Gasteiger partial charge in [0.25, 0.3) is 0 Å². The van der Waals surface area contributed by atoms with E-state index in [0.717, 1.165) is 0 Å². The van der Waals surface area contributed by atoms with E-state index in [0.29, 0.717) is 0 Å². The molecule has 0 N–H and O–H groups in total. The lowest BCUT2D eigenvalue weighted by atomic mass is 10.1. The smallest absolute Gasteiger partial charge is 0.00669 e. The van der Waals surface area contributed by atoms with Crippen LogP contribution < -0.4 is 0 Å². The first-order valence-electron chi connectivity index (χ1n) is 4.15. The predicted octanol–water partition coefficient (Wildman–Crippen LogP) is 3.21. The molecule has 0 unspecified atom stereocenters. The Morgan fingerprint density at radius 1 is 1.08 bits per heavy atom. The molecule has 0 saturated carbocycles. The van der Waals surface area contributed by atoms with Crippen LogP contribution >= 0.6 is 0 Å². The molecule has 1 radical (unpaired) electrons. The first-order valence-corrected chi connectivity index (χ1v) is 4.15. The van der Waals surface area contributed by atoms with Crippen LogP contribution in [-0.2, 0) is 0 Å².